The highest BCUT2D eigenvalue weighted by Gasteiger charge is 2.12. The van der Waals surface area contributed by atoms with Crippen molar-refractivity contribution >= 4 is 23.5 Å². The van der Waals surface area contributed by atoms with Crippen LogP contribution in [0.3, 0.4) is 0 Å². The number of fused-ring (bicyclic) bond motifs is 1. The van der Waals surface area contributed by atoms with Crippen LogP contribution in [0, 0.1) is 0 Å². The molecule has 0 radical (unpaired) electrons. The lowest BCUT2D eigenvalue weighted by atomic mass is 9.94. The van der Waals surface area contributed by atoms with Crippen molar-refractivity contribution in [2.45, 2.75) is 59.4 Å². The molecular weight excluding hydrogens is 380 g/mol. The van der Waals surface area contributed by atoms with E-state index >= 15 is 0 Å². The SMILES string of the molecule is CCc1cc(Nc2cn(Cc3ccccc3)c(=O)c3c2=CCCC=3)cc(CC)c1CC. The van der Waals surface area contributed by atoms with Crippen molar-refractivity contribution in [1.29, 1.82) is 0 Å². The Labute approximate surface area is 184 Å². The zero-order valence-corrected chi connectivity index (χ0v) is 18.9. The number of hydrogen-bond acceptors (Lipinski definition) is 2. The number of rotatable bonds is 7. The van der Waals surface area contributed by atoms with Crippen LogP contribution in [0.5, 0.6) is 0 Å². The third kappa shape index (κ3) is 4.36. The van der Waals surface area contributed by atoms with Gasteiger partial charge in [0.15, 0.2) is 0 Å². The third-order valence-corrected chi connectivity index (χ3v) is 6.24. The number of pyridine rings is 1. The van der Waals surface area contributed by atoms with Crippen molar-refractivity contribution < 1.29 is 0 Å². The largest absolute Gasteiger partial charge is 0.354 e. The molecule has 3 nitrogen and oxygen atoms in total. The van der Waals surface area contributed by atoms with E-state index in [2.05, 4.69) is 62.5 Å². The highest BCUT2D eigenvalue weighted by Crippen LogP contribution is 2.25. The molecule has 0 spiro atoms. The van der Waals surface area contributed by atoms with Gasteiger partial charge in [-0.3, -0.25) is 4.79 Å². The van der Waals surface area contributed by atoms with Crippen LogP contribution in [0.4, 0.5) is 11.4 Å². The molecule has 0 saturated carbocycles. The highest BCUT2D eigenvalue weighted by molar-refractivity contribution is 5.64. The predicted molar refractivity (Wildman–Crippen MR) is 132 cm³/mol. The van der Waals surface area contributed by atoms with E-state index in [-0.39, 0.29) is 5.56 Å². The van der Waals surface area contributed by atoms with Crippen molar-refractivity contribution in [2.75, 3.05) is 5.32 Å². The molecule has 0 saturated heterocycles. The van der Waals surface area contributed by atoms with Crippen LogP contribution < -0.4 is 21.3 Å². The number of anilines is 2. The molecule has 4 rings (SSSR count). The fourth-order valence-corrected chi connectivity index (χ4v) is 4.68. The molecular formula is C28H32N2O. The van der Waals surface area contributed by atoms with Crippen molar-refractivity contribution in [2.24, 2.45) is 0 Å². The average Bonchev–Trinajstić information content (AvgIpc) is 2.82. The number of aromatic nitrogens is 1. The molecule has 31 heavy (non-hydrogen) atoms. The second kappa shape index (κ2) is 9.38. The molecule has 1 heterocycles. The van der Waals surface area contributed by atoms with Crippen LogP contribution >= 0.6 is 0 Å². The molecule has 3 aromatic rings. The summed E-state index contributed by atoms with van der Waals surface area (Å²) in [5.74, 6) is 0. The molecule has 0 aliphatic heterocycles. The van der Waals surface area contributed by atoms with Gasteiger partial charge in [0.2, 0.25) is 0 Å². The van der Waals surface area contributed by atoms with Gasteiger partial charge in [0.1, 0.15) is 0 Å². The molecule has 0 amide bonds. The van der Waals surface area contributed by atoms with E-state index in [0.29, 0.717) is 6.54 Å². The number of aryl methyl sites for hydroxylation is 2. The molecule has 0 bridgehead atoms. The van der Waals surface area contributed by atoms with Crippen LogP contribution in [0.1, 0.15) is 55.9 Å². The lowest BCUT2D eigenvalue weighted by molar-refractivity contribution is 0.751. The van der Waals surface area contributed by atoms with Crippen molar-refractivity contribution in [3.8, 4) is 0 Å². The van der Waals surface area contributed by atoms with E-state index in [0.717, 1.165) is 59.5 Å². The molecule has 1 aromatic heterocycles. The summed E-state index contributed by atoms with van der Waals surface area (Å²) < 4.78 is 1.84. The summed E-state index contributed by atoms with van der Waals surface area (Å²) in [5.41, 5.74) is 7.63. The number of benzene rings is 2. The fourth-order valence-electron chi connectivity index (χ4n) is 4.68. The van der Waals surface area contributed by atoms with Gasteiger partial charge < -0.3 is 9.88 Å². The minimum atomic E-state index is 0.0881. The molecule has 0 fully saturated rings. The lowest BCUT2D eigenvalue weighted by Gasteiger charge is -2.18. The van der Waals surface area contributed by atoms with Gasteiger partial charge in [-0.2, -0.15) is 0 Å². The number of nitrogens with one attached hydrogen (secondary N) is 1. The van der Waals surface area contributed by atoms with E-state index in [1.165, 1.54) is 16.7 Å². The maximum Gasteiger partial charge on any atom is 0.258 e. The van der Waals surface area contributed by atoms with Crippen molar-refractivity contribution in [3.05, 3.63) is 91.7 Å². The van der Waals surface area contributed by atoms with Crippen LogP contribution in [-0.4, -0.2) is 4.57 Å². The van der Waals surface area contributed by atoms with Crippen LogP contribution in [-0.2, 0) is 25.8 Å². The monoisotopic (exact) mass is 412 g/mol. The van der Waals surface area contributed by atoms with E-state index in [9.17, 15) is 4.79 Å². The summed E-state index contributed by atoms with van der Waals surface area (Å²) in [4.78, 5) is 13.2. The summed E-state index contributed by atoms with van der Waals surface area (Å²) in [5, 5.41) is 5.54. The van der Waals surface area contributed by atoms with Gasteiger partial charge in [0.25, 0.3) is 5.56 Å². The molecule has 2 aromatic carbocycles. The third-order valence-electron chi connectivity index (χ3n) is 6.24. The second-order valence-electron chi connectivity index (χ2n) is 8.23. The van der Waals surface area contributed by atoms with Gasteiger partial charge >= 0.3 is 0 Å². The average molecular weight is 413 g/mol. The number of hydrogen-bond donors (Lipinski definition) is 1. The summed E-state index contributed by atoms with van der Waals surface area (Å²) in [6.45, 7) is 7.26. The molecule has 0 unspecified atom stereocenters. The molecule has 1 N–H and O–H groups in total. The Bertz CT molecular complexity index is 1230. The molecule has 3 heteroatoms. The molecule has 160 valence electrons. The maximum atomic E-state index is 13.2. The summed E-state index contributed by atoms with van der Waals surface area (Å²) in [7, 11) is 0. The second-order valence-corrected chi connectivity index (χ2v) is 8.23. The van der Waals surface area contributed by atoms with Crippen molar-refractivity contribution in [1.82, 2.24) is 4.57 Å². The Morgan fingerprint density at radius 3 is 2.13 bits per heavy atom. The molecule has 1 aliphatic carbocycles. The van der Waals surface area contributed by atoms with Gasteiger partial charge in [-0.15, -0.1) is 0 Å². The Kier molecular flexibility index (Phi) is 6.41. The van der Waals surface area contributed by atoms with Crippen LogP contribution in [0.15, 0.2) is 53.5 Å². The quantitative estimate of drug-likeness (QED) is 0.611. The lowest BCUT2D eigenvalue weighted by Crippen LogP contribution is -2.46. The van der Waals surface area contributed by atoms with Gasteiger partial charge in [0, 0.05) is 22.3 Å². The van der Waals surface area contributed by atoms with E-state index < -0.39 is 0 Å². The Hall–Kier alpha value is -3.07. The van der Waals surface area contributed by atoms with Crippen LogP contribution in [0.2, 0.25) is 0 Å². The first-order valence-electron chi connectivity index (χ1n) is 11.5. The Morgan fingerprint density at radius 1 is 0.871 bits per heavy atom. The Morgan fingerprint density at radius 2 is 1.52 bits per heavy atom. The minimum absolute atomic E-state index is 0.0881. The minimum Gasteiger partial charge on any atom is -0.354 e. The summed E-state index contributed by atoms with van der Waals surface area (Å²) in [6.07, 6.45) is 11.3. The first-order valence-corrected chi connectivity index (χ1v) is 11.5. The normalized spacial score (nSPS) is 12.6. The zero-order chi connectivity index (χ0) is 21.8. The molecule has 0 atom stereocenters. The van der Waals surface area contributed by atoms with E-state index in [4.69, 9.17) is 0 Å². The highest BCUT2D eigenvalue weighted by atomic mass is 16.1. The summed E-state index contributed by atoms with van der Waals surface area (Å²) in [6, 6.07) is 14.7. The zero-order valence-electron chi connectivity index (χ0n) is 18.9. The fraction of sp³-hybridized carbons (Fsp3) is 0.321. The Balaban J connectivity index is 1.82. The van der Waals surface area contributed by atoms with Gasteiger partial charge in [-0.05, 0) is 66.5 Å². The van der Waals surface area contributed by atoms with Crippen molar-refractivity contribution in [3.63, 3.8) is 0 Å². The maximum absolute atomic E-state index is 13.2. The van der Waals surface area contributed by atoms with Gasteiger partial charge in [0.05, 0.1) is 12.2 Å². The van der Waals surface area contributed by atoms with E-state index in [1.807, 2.05) is 29.0 Å². The van der Waals surface area contributed by atoms with Gasteiger partial charge in [-0.1, -0.05) is 63.3 Å². The topological polar surface area (TPSA) is 34.0 Å². The smallest absolute Gasteiger partial charge is 0.258 e. The first kappa shape index (κ1) is 21.2. The predicted octanol–water partition coefficient (Wildman–Crippen LogP) is 4.68. The standard InChI is InChI=1S/C28H32N2O/c1-4-21-16-23(17-22(5-2)24(21)6-3)29-27-19-30(18-20-12-8-7-9-13-20)28(31)26-15-11-10-14-25(26)27/h7-9,12-17,19,29H,4-6,10-11,18H2,1-3H3. The van der Waals surface area contributed by atoms with Gasteiger partial charge in [-0.25, -0.2) is 0 Å². The molecule has 1 aliphatic rings. The van der Waals surface area contributed by atoms with E-state index in [1.54, 1.807) is 0 Å². The first-order chi connectivity index (χ1) is 15.1. The van der Waals surface area contributed by atoms with Crippen LogP contribution in [0.25, 0.3) is 12.2 Å². The number of nitrogens with zero attached hydrogens (tertiary/aromatic N) is 1. The summed E-state index contributed by atoms with van der Waals surface area (Å²) >= 11 is 0.